The van der Waals surface area contributed by atoms with Crippen LogP contribution in [0.2, 0.25) is 0 Å². The van der Waals surface area contributed by atoms with Gasteiger partial charge in [-0.3, -0.25) is 9.59 Å². The van der Waals surface area contributed by atoms with E-state index >= 15 is 0 Å². The molecule has 0 aromatic heterocycles. The number of hydrogen-bond donors (Lipinski definition) is 0. The standard InChI is InChI=1S/C11H10O2/c1-2-3-9-4-10(7-12)6-11(5-9)8-13/h2-8H,1H3/b3-2+. The van der Waals surface area contributed by atoms with Gasteiger partial charge in [-0.25, -0.2) is 0 Å². The van der Waals surface area contributed by atoms with Gasteiger partial charge >= 0.3 is 0 Å². The Bertz CT molecular complexity index is 325. The van der Waals surface area contributed by atoms with E-state index in [-0.39, 0.29) is 0 Å². The first-order chi connectivity index (χ1) is 6.30. The molecule has 0 radical (unpaired) electrons. The molecule has 0 saturated heterocycles. The molecule has 0 amide bonds. The number of allylic oxidation sites excluding steroid dienone is 1. The fraction of sp³-hybridized carbons (Fsp3) is 0.0909. The van der Waals surface area contributed by atoms with Crippen molar-refractivity contribution >= 4 is 18.6 Å². The van der Waals surface area contributed by atoms with Crippen molar-refractivity contribution in [2.24, 2.45) is 0 Å². The SMILES string of the molecule is C/C=C/c1cc(C=O)cc(C=O)c1. The van der Waals surface area contributed by atoms with Crippen LogP contribution in [0.3, 0.4) is 0 Å². The topological polar surface area (TPSA) is 34.1 Å². The lowest BCUT2D eigenvalue weighted by molar-refractivity contribution is 0.112. The fourth-order valence-corrected chi connectivity index (χ4v) is 1.13. The number of benzene rings is 1. The summed E-state index contributed by atoms with van der Waals surface area (Å²) in [5, 5.41) is 0. The molecule has 2 nitrogen and oxygen atoms in total. The van der Waals surface area contributed by atoms with E-state index in [0.717, 1.165) is 18.1 Å². The molecule has 0 unspecified atom stereocenters. The van der Waals surface area contributed by atoms with Crippen molar-refractivity contribution in [3.8, 4) is 0 Å². The lowest BCUT2D eigenvalue weighted by Crippen LogP contribution is -1.87. The Morgan fingerprint density at radius 1 is 0.923 bits per heavy atom. The average Bonchev–Trinajstić information content (AvgIpc) is 2.17. The molecule has 1 aromatic rings. The summed E-state index contributed by atoms with van der Waals surface area (Å²) in [5.74, 6) is 0. The van der Waals surface area contributed by atoms with Gasteiger partial charge in [-0.2, -0.15) is 0 Å². The summed E-state index contributed by atoms with van der Waals surface area (Å²) in [6.07, 6.45) is 5.18. The molecule has 0 fully saturated rings. The van der Waals surface area contributed by atoms with Gasteiger partial charge < -0.3 is 0 Å². The summed E-state index contributed by atoms with van der Waals surface area (Å²) in [6, 6.07) is 5.03. The van der Waals surface area contributed by atoms with Crippen LogP contribution < -0.4 is 0 Å². The van der Waals surface area contributed by atoms with E-state index < -0.39 is 0 Å². The first kappa shape index (κ1) is 9.39. The average molecular weight is 174 g/mol. The predicted molar refractivity (Wildman–Crippen MR) is 51.9 cm³/mol. The monoisotopic (exact) mass is 174 g/mol. The second kappa shape index (κ2) is 4.36. The molecule has 2 heteroatoms. The summed E-state index contributed by atoms with van der Waals surface area (Å²) in [5.41, 5.74) is 1.92. The molecule has 0 saturated carbocycles. The molecule has 0 N–H and O–H groups in total. The highest BCUT2D eigenvalue weighted by atomic mass is 16.1. The number of carbonyl (C=O) groups is 2. The zero-order valence-electron chi connectivity index (χ0n) is 7.36. The highest BCUT2D eigenvalue weighted by Gasteiger charge is 1.96. The maximum Gasteiger partial charge on any atom is 0.150 e. The van der Waals surface area contributed by atoms with Gasteiger partial charge in [0.25, 0.3) is 0 Å². The van der Waals surface area contributed by atoms with Crippen LogP contribution in [0, 0.1) is 0 Å². The smallest absolute Gasteiger partial charge is 0.150 e. The van der Waals surface area contributed by atoms with Gasteiger partial charge in [-0.15, -0.1) is 0 Å². The largest absolute Gasteiger partial charge is 0.298 e. The molecule has 0 atom stereocenters. The van der Waals surface area contributed by atoms with E-state index in [4.69, 9.17) is 0 Å². The molecule has 0 aliphatic heterocycles. The molecule has 13 heavy (non-hydrogen) atoms. The minimum absolute atomic E-state index is 0.526. The highest BCUT2D eigenvalue weighted by Crippen LogP contribution is 2.09. The maximum absolute atomic E-state index is 10.5. The van der Waals surface area contributed by atoms with Crippen molar-refractivity contribution < 1.29 is 9.59 Å². The summed E-state index contributed by atoms with van der Waals surface area (Å²) in [4.78, 5) is 21.0. The van der Waals surface area contributed by atoms with Crippen LogP contribution >= 0.6 is 0 Å². The Labute approximate surface area is 76.9 Å². The fourth-order valence-electron chi connectivity index (χ4n) is 1.13. The van der Waals surface area contributed by atoms with Gasteiger partial charge in [0, 0.05) is 11.1 Å². The van der Waals surface area contributed by atoms with Crippen LogP contribution in [-0.4, -0.2) is 12.6 Å². The molecule has 66 valence electrons. The van der Waals surface area contributed by atoms with E-state index in [1.165, 1.54) is 0 Å². The predicted octanol–water partition coefficient (Wildman–Crippen LogP) is 2.34. The summed E-state index contributed by atoms with van der Waals surface area (Å²) < 4.78 is 0. The van der Waals surface area contributed by atoms with Gasteiger partial charge in [-0.05, 0) is 30.7 Å². The van der Waals surface area contributed by atoms with Crippen LogP contribution in [0.4, 0.5) is 0 Å². The van der Waals surface area contributed by atoms with Crippen LogP contribution in [0.1, 0.15) is 33.2 Å². The van der Waals surface area contributed by atoms with E-state index in [9.17, 15) is 9.59 Å². The molecule has 0 aliphatic carbocycles. The zero-order valence-corrected chi connectivity index (χ0v) is 7.36. The normalized spacial score (nSPS) is 10.2. The third-order valence-corrected chi connectivity index (χ3v) is 1.63. The van der Waals surface area contributed by atoms with Gasteiger partial charge in [0.05, 0.1) is 0 Å². The Morgan fingerprint density at radius 3 is 1.77 bits per heavy atom. The lowest BCUT2D eigenvalue weighted by atomic mass is 10.1. The molecular weight excluding hydrogens is 164 g/mol. The number of rotatable bonds is 3. The minimum atomic E-state index is 0.526. The van der Waals surface area contributed by atoms with Gasteiger partial charge in [0.2, 0.25) is 0 Å². The van der Waals surface area contributed by atoms with Gasteiger partial charge in [-0.1, -0.05) is 12.2 Å². The molecule has 0 heterocycles. The molecule has 0 bridgehead atoms. The second-order valence-electron chi connectivity index (χ2n) is 2.67. The Balaban J connectivity index is 3.21. The van der Waals surface area contributed by atoms with Crippen LogP contribution in [-0.2, 0) is 0 Å². The molecule has 1 rings (SSSR count). The van der Waals surface area contributed by atoms with E-state index in [0.29, 0.717) is 11.1 Å². The third kappa shape index (κ3) is 2.37. The van der Waals surface area contributed by atoms with Crippen LogP contribution in [0.5, 0.6) is 0 Å². The number of carbonyl (C=O) groups excluding carboxylic acids is 2. The quantitative estimate of drug-likeness (QED) is 0.659. The van der Waals surface area contributed by atoms with Crippen LogP contribution in [0.15, 0.2) is 24.3 Å². The number of hydrogen-bond acceptors (Lipinski definition) is 2. The zero-order chi connectivity index (χ0) is 9.68. The van der Waals surface area contributed by atoms with Crippen molar-refractivity contribution in [2.75, 3.05) is 0 Å². The van der Waals surface area contributed by atoms with Crippen molar-refractivity contribution in [3.63, 3.8) is 0 Å². The summed E-state index contributed by atoms with van der Waals surface area (Å²) in [6.45, 7) is 1.88. The van der Waals surface area contributed by atoms with Crippen molar-refractivity contribution in [2.45, 2.75) is 6.92 Å². The minimum Gasteiger partial charge on any atom is -0.298 e. The van der Waals surface area contributed by atoms with E-state index in [2.05, 4.69) is 0 Å². The second-order valence-corrected chi connectivity index (χ2v) is 2.67. The van der Waals surface area contributed by atoms with E-state index in [1.807, 2.05) is 19.1 Å². The Morgan fingerprint density at radius 2 is 1.38 bits per heavy atom. The third-order valence-electron chi connectivity index (χ3n) is 1.63. The van der Waals surface area contributed by atoms with Gasteiger partial charge in [0.1, 0.15) is 12.6 Å². The van der Waals surface area contributed by atoms with Crippen molar-refractivity contribution in [1.82, 2.24) is 0 Å². The molecule has 0 spiro atoms. The molecular formula is C11H10O2. The lowest BCUT2D eigenvalue weighted by Gasteiger charge is -1.97. The Kier molecular flexibility index (Phi) is 3.15. The van der Waals surface area contributed by atoms with E-state index in [1.54, 1.807) is 18.2 Å². The Hall–Kier alpha value is -1.70. The summed E-state index contributed by atoms with van der Waals surface area (Å²) in [7, 11) is 0. The summed E-state index contributed by atoms with van der Waals surface area (Å²) >= 11 is 0. The first-order valence-corrected chi connectivity index (χ1v) is 3.98. The maximum atomic E-state index is 10.5. The highest BCUT2D eigenvalue weighted by molar-refractivity contribution is 5.83. The van der Waals surface area contributed by atoms with Crippen LogP contribution in [0.25, 0.3) is 6.08 Å². The van der Waals surface area contributed by atoms with Crippen molar-refractivity contribution in [3.05, 3.63) is 41.0 Å². The molecule has 1 aromatic carbocycles. The number of aldehydes is 2. The molecule has 0 aliphatic rings. The first-order valence-electron chi connectivity index (χ1n) is 3.98. The van der Waals surface area contributed by atoms with Gasteiger partial charge in [0.15, 0.2) is 0 Å². The van der Waals surface area contributed by atoms with Crippen molar-refractivity contribution in [1.29, 1.82) is 0 Å².